The van der Waals surface area contributed by atoms with E-state index in [0.29, 0.717) is 5.69 Å². The van der Waals surface area contributed by atoms with Gasteiger partial charge < -0.3 is 10.2 Å². The Bertz CT molecular complexity index is 317. The molecule has 4 nitrogen and oxygen atoms in total. The minimum atomic E-state index is -0.152. The summed E-state index contributed by atoms with van der Waals surface area (Å²) in [5, 5.41) is 2.54. The SMILES string of the molecule is CCN(CC)c1ccc(C(=O)NC)nc1. The van der Waals surface area contributed by atoms with Gasteiger partial charge in [-0.2, -0.15) is 0 Å². The van der Waals surface area contributed by atoms with Crippen molar-refractivity contribution in [2.45, 2.75) is 13.8 Å². The highest BCUT2D eigenvalue weighted by atomic mass is 16.1. The van der Waals surface area contributed by atoms with Gasteiger partial charge in [0.2, 0.25) is 0 Å². The van der Waals surface area contributed by atoms with E-state index in [-0.39, 0.29) is 5.91 Å². The molecule has 0 atom stereocenters. The molecular formula is C11H17N3O. The Balaban J connectivity index is 2.84. The summed E-state index contributed by atoms with van der Waals surface area (Å²) in [6, 6.07) is 3.66. The highest BCUT2D eigenvalue weighted by Gasteiger charge is 2.06. The summed E-state index contributed by atoms with van der Waals surface area (Å²) in [5.41, 5.74) is 1.50. The van der Waals surface area contributed by atoms with Gasteiger partial charge in [-0.1, -0.05) is 0 Å². The molecule has 4 heteroatoms. The van der Waals surface area contributed by atoms with Gasteiger partial charge in [0, 0.05) is 20.1 Å². The second-order valence-corrected chi connectivity index (χ2v) is 3.15. The van der Waals surface area contributed by atoms with Gasteiger partial charge >= 0.3 is 0 Å². The van der Waals surface area contributed by atoms with Crippen LogP contribution in [0, 0.1) is 0 Å². The third-order valence-corrected chi connectivity index (χ3v) is 2.34. The molecule has 0 fully saturated rings. The largest absolute Gasteiger partial charge is 0.371 e. The first kappa shape index (κ1) is 11.5. The number of hydrogen-bond donors (Lipinski definition) is 1. The number of carbonyl (C=O) groups excluding carboxylic acids is 1. The number of nitrogens with zero attached hydrogens (tertiary/aromatic N) is 2. The van der Waals surface area contributed by atoms with Gasteiger partial charge in [-0.15, -0.1) is 0 Å². The topological polar surface area (TPSA) is 45.2 Å². The molecule has 1 N–H and O–H groups in total. The van der Waals surface area contributed by atoms with Crippen molar-refractivity contribution >= 4 is 11.6 Å². The van der Waals surface area contributed by atoms with E-state index in [1.165, 1.54) is 0 Å². The van der Waals surface area contributed by atoms with Crippen molar-refractivity contribution in [1.29, 1.82) is 0 Å². The monoisotopic (exact) mass is 207 g/mol. The number of nitrogens with one attached hydrogen (secondary N) is 1. The van der Waals surface area contributed by atoms with Crippen LogP contribution in [0.15, 0.2) is 18.3 Å². The number of anilines is 1. The lowest BCUT2D eigenvalue weighted by Crippen LogP contribution is -2.23. The van der Waals surface area contributed by atoms with Crippen LogP contribution in [-0.4, -0.2) is 31.0 Å². The molecule has 0 unspecified atom stereocenters. The Morgan fingerprint density at radius 2 is 2.07 bits per heavy atom. The summed E-state index contributed by atoms with van der Waals surface area (Å²) in [6.45, 7) is 6.07. The van der Waals surface area contributed by atoms with Crippen molar-refractivity contribution < 1.29 is 4.79 Å². The van der Waals surface area contributed by atoms with Crippen molar-refractivity contribution in [3.8, 4) is 0 Å². The molecule has 1 amide bonds. The molecule has 0 aromatic carbocycles. The lowest BCUT2D eigenvalue weighted by molar-refractivity contribution is 0.0958. The number of rotatable bonds is 4. The first-order valence-corrected chi connectivity index (χ1v) is 5.16. The lowest BCUT2D eigenvalue weighted by atomic mass is 10.3. The van der Waals surface area contributed by atoms with Crippen LogP contribution in [0.2, 0.25) is 0 Å². The van der Waals surface area contributed by atoms with Crippen LogP contribution in [-0.2, 0) is 0 Å². The second-order valence-electron chi connectivity index (χ2n) is 3.15. The minimum absolute atomic E-state index is 0.152. The Morgan fingerprint density at radius 1 is 1.40 bits per heavy atom. The van der Waals surface area contributed by atoms with Gasteiger partial charge in [0.1, 0.15) is 5.69 Å². The third kappa shape index (κ3) is 2.68. The number of amides is 1. The van der Waals surface area contributed by atoms with E-state index < -0.39 is 0 Å². The molecule has 1 aromatic heterocycles. The Kier molecular flexibility index (Phi) is 4.09. The number of aromatic nitrogens is 1. The molecule has 15 heavy (non-hydrogen) atoms. The van der Waals surface area contributed by atoms with Crippen LogP contribution in [0.25, 0.3) is 0 Å². The quantitative estimate of drug-likeness (QED) is 0.809. The smallest absolute Gasteiger partial charge is 0.269 e. The van der Waals surface area contributed by atoms with E-state index in [2.05, 4.69) is 29.0 Å². The summed E-state index contributed by atoms with van der Waals surface area (Å²) in [4.78, 5) is 17.5. The second kappa shape index (κ2) is 5.34. The van der Waals surface area contributed by atoms with Gasteiger partial charge in [-0.05, 0) is 26.0 Å². The lowest BCUT2D eigenvalue weighted by Gasteiger charge is -2.20. The van der Waals surface area contributed by atoms with Crippen molar-refractivity contribution in [3.05, 3.63) is 24.0 Å². The van der Waals surface area contributed by atoms with Gasteiger partial charge in [0.25, 0.3) is 5.91 Å². The zero-order chi connectivity index (χ0) is 11.3. The molecule has 0 aliphatic carbocycles. The highest BCUT2D eigenvalue weighted by Crippen LogP contribution is 2.12. The summed E-state index contributed by atoms with van der Waals surface area (Å²) in [6.07, 6.45) is 1.73. The predicted molar refractivity (Wildman–Crippen MR) is 61.2 cm³/mol. The number of hydrogen-bond acceptors (Lipinski definition) is 3. The summed E-state index contributed by atoms with van der Waals surface area (Å²) in [7, 11) is 1.60. The van der Waals surface area contributed by atoms with Crippen LogP contribution >= 0.6 is 0 Å². The fourth-order valence-corrected chi connectivity index (χ4v) is 1.42. The molecule has 0 aliphatic heterocycles. The molecule has 0 saturated heterocycles. The van der Waals surface area contributed by atoms with Crippen LogP contribution in [0.1, 0.15) is 24.3 Å². The van der Waals surface area contributed by atoms with E-state index >= 15 is 0 Å². The zero-order valence-electron chi connectivity index (χ0n) is 9.45. The molecule has 0 spiro atoms. The molecule has 0 saturated carbocycles. The average molecular weight is 207 g/mol. The van der Waals surface area contributed by atoms with Gasteiger partial charge in [-0.3, -0.25) is 4.79 Å². The summed E-state index contributed by atoms with van der Waals surface area (Å²) >= 11 is 0. The van der Waals surface area contributed by atoms with Crippen molar-refractivity contribution in [1.82, 2.24) is 10.3 Å². The van der Waals surface area contributed by atoms with Gasteiger partial charge in [-0.25, -0.2) is 4.98 Å². The maximum atomic E-state index is 11.2. The van der Waals surface area contributed by atoms with Crippen LogP contribution in [0.3, 0.4) is 0 Å². The summed E-state index contributed by atoms with van der Waals surface area (Å²) in [5.74, 6) is -0.152. The van der Waals surface area contributed by atoms with E-state index in [1.807, 2.05) is 6.07 Å². The first-order chi connectivity index (χ1) is 7.22. The molecule has 1 heterocycles. The molecule has 1 rings (SSSR count). The molecule has 82 valence electrons. The van der Waals surface area contributed by atoms with Crippen LogP contribution in [0.4, 0.5) is 5.69 Å². The normalized spacial score (nSPS) is 9.80. The molecule has 0 radical (unpaired) electrons. The maximum absolute atomic E-state index is 11.2. The van der Waals surface area contributed by atoms with E-state index in [1.54, 1.807) is 19.3 Å². The van der Waals surface area contributed by atoms with Gasteiger partial charge in [0.05, 0.1) is 11.9 Å². The fraction of sp³-hybridized carbons (Fsp3) is 0.455. The maximum Gasteiger partial charge on any atom is 0.269 e. The van der Waals surface area contributed by atoms with Crippen LogP contribution in [0.5, 0.6) is 0 Å². The molecular weight excluding hydrogens is 190 g/mol. The molecule has 1 aromatic rings. The zero-order valence-corrected chi connectivity index (χ0v) is 9.45. The van der Waals surface area contributed by atoms with E-state index in [0.717, 1.165) is 18.8 Å². The van der Waals surface area contributed by atoms with Gasteiger partial charge in [0.15, 0.2) is 0 Å². The molecule has 0 aliphatic rings. The standard InChI is InChI=1S/C11H17N3O/c1-4-14(5-2)9-6-7-10(13-8-9)11(15)12-3/h6-8H,4-5H2,1-3H3,(H,12,15). The fourth-order valence-electron chi connectivity index (χ4n) is 1.42. The van der Waals surface area contributed by atoms with E-state index in [9.17, 15) is 4.79 Å². The third-order valence-electron chi connectivity index (χ3n) is 2.34. The Hall–Kier alpha value is -1.58. The van der Waals surface area contributed by atoms with Crippen LogP contribution < -0.4 is 10.2 Å². The first-order valence-electron chi connectivity index (χ1n) is 5.16. The highest BCUT2D eigenvalue weighted by molar-refractivity contribution is 5.92. The van der Waals surface area contributed by atoms with Crippen molar-refractivity contribution in [2.24, 2.45) is 0 Å². The number of pyridine rings is 1. The number of carbonyl (C=O) groups is 1. The Labute approximate surface area is 90.3 Å². The summed E-state index contributed by atoms with van der Waals surface area (Å²) < 4.78 is 0. The van der Waals surface area contributed by atoms with E-state index in [4.69, 9.17) is 0 Å². The predicted octanol–water partition coefficient (Wildman–Crippen LogP) is 1.29. The Morgan fingerprint density at radius 3 is 2.47 bits per heavy atom. The average Bonchev–Trinajstić information content (AvgIpc) is 2.30. The van der Waals surface area contributed by atoms with Crippen molar-refractivity contribution in [2.75, 3.05) is 25.0 Å². The van der Waals surface area contributed by atoms with Crippen molar-refractivity contribution in [3.63, 3.8) is 0 Å². The molecule has 0 bridgehead atoms. The minimum Gasteiger partial charge on any atom is -0.371 e.